The molecule has 2 heterocycles. The predicted octanol–water partition coefficient (Wildman–Crippen LogP) is 2.99. The summed E-state index contributed by atoms with van der Waals surface area (Å²) in [5, 5.41) is 10.8. The molecule has 0 fully saturated rings. The molecule has 0 saturated carbocycles. The third-order valence-electron chi connectivity index (χ3n) is 2.78. The monoisotopic (exact) mass is 270 g/mol. The Kier molecular flexibility index (Phi) is 2.97. The van der Waals surface area contributed by atoms with Crippen LogP contribution in [0.15, 0.2) is 41.9 Å². The zero-order valence-electron chi connectivity index (χ0n) is 9.91. The van der Waals surface area contributed by atoms with E-state index in [0.717, 1.165) is 27.2 Å². The second-order valence-corrected chi connectivity index (χ2v) is 5.07. The lowest BCUT2D eigenvalue weighted by atomic mass is 10.1. The minimum absolute atomic E-state index is 0.0154. The molecule has 0 radical (unpaired) electrons. The van der Waals surface area contributed by atoms with E-state index in [1.807, 2.05) is 35.7 Å². The molecule has 0 aliphatic rings. The summed E-state index contributed by atoms with van der Waals surface area (Å²) in [6.07, 6.45) is 1.71. The minimum atomic E-state index is -0.836. The van der Waals surface area contributed by atoms with Gasteiger partial charge in [0, 0.05) is 10.4 Å². The van der Waals surface area contributed by atoms with Crippen molar-refractivity contribution in [2.24, 2.45) is 0 Å². The average molecular weight is 270 g/mol. The van der Waals surface area contributed by atoms with Gasteiger partial charge in [-0.3, -0.25) is 9.78 Å². The fraction of sp³-hybridized carbons (Fsp3) is 0.0714. The highest BCUT2D eigenvalue weighted by Crippen LogP contribution is 2.28. The number of carboxylic acids is 1. The highest BCUT2D eigenvalue weighted by atomic mass is 32.1. The van der Waals surface area contributed by atoms with Crippen LogP contribution in [0, 0.1) is 0 Å². The molecule has 0 atom stereocenters. The van der Waals surface area contributed by atoms with Gasteiger partial charge in [-0.05, 0) is 23.6 Å². The molecule has 0 bridgehead atoms. The van der Waals surface area contributed by atoms with Gasteiger partial charge in [-0.1, -0.05) is 12.1 Å². The van der Waals surface area contributed by atoms with Crippen LogP contribution in [0.2, 0.25) is 0 Å². The van der Waals surface area contributed by atoms with Crippen molar-refractivity contribution in [1.29, 1.82) is 0 Å². The highest BCUT2D eigenvalue weighted by Gasteiger charge is 2.12. The van der Waals surface area contributed by atoms with E-state index in [2.05, 4.69) is 9.97 Å². The summed E-state index contributed by atoms with van der Waals surface area (Å²) in [6.45, 7) is 0. The minimum Gasteiger partial charge on any atom is -0.481 e. The smallest absolute Gasteiger partial charge is 0.308 e. The molecule has 1 aromatic carbocycles. The first-order valence-corrected chi connectivity index (χ1v) is 6.62. The van der Waals surface area contributed by atoms with Gasteiger partial charge < -0.3 is 5.11 Å². The van der Waals surface area contributed by atoms with Crippen molar-refractivity contribution in [3.05, 3.63) is 46.8 Å². The van der Waals surface area contributed by atoms with Crippen LogP contribution in [-0.2, 0) is 11.2 Å². The number of aliphatic carboxylic acids is 1. The molecule has 3 aromatic rings. The second-order valence-electron chi connectivity index (χ2n) is 4.07. The van der Waals surface area contributed by atoms with E-state index in [0.29, 0.717) is 0 Å². The average Bonchev–Trinajstić information content (AvgIpc) is 2.85. The Hall–Kier alpha value is -2.27. The molecule has 19 heavy (non-hydrogen) atoms. The van der Waals surface area contributed by atoms with Crippen molar-refractivity contribution in [2.75, 3.05) is 0 Å². The molecule has 0 aliphatic carbocycles. The van der Waals surface area contributed by atoms with E-state index >= 15 is 0 Å². The standard InChI is InChI=1S/C14H10N2O2S/c17-14(18)7-13-9(5-6-19-13)12-8-15-10-3-1-2-4-11(10)16-12/h1-6,8H,7H2,(H,17,18). The highest BCUT2D eigenvalue weighted by molar-refractivity contribution is 7.10. The van der Waals surface area contributed by atoms with Crippen LogP contribution in [0.5, 0.6) is 0 Å². The quantitative estimate of drug-likeness (QED) is 0.794. The lowest BCUT2D eigenvalue weighted by Gasteiger charge is -2.03. The van der Waals surface area contributed by atoms with Gasteiger partial charge in [0.1, 0.15) is 0 Å². The van der Waals surface area contributed by atoms with Gasteiger partial charge in [-0.25, -0.2) is 4.98 Å². The van der Waals surface area contributed by atoms with Crippen molar-refractivity contribution >= 4 is 28.3 Å². The number of rotatable bonds is 3. The maximum absolute atomic E-state index is 10.8. The number of carboxylic acid groups (broad SMARTS) is 1. The van der Waals surface area contributed by atoms with Crippen LogP contribution in [0.3, 0.4) is 0 Å². The van der Waals surface area contributed by atoms with E-state index in [9.17, 15) is 4.79 Å². The van der Waals surface area contributed by atoms with E-state index in [1.54, 1.807) is 6.20 Å². The predicted molar refractivity (Wildman–Crippen MR) is 74.2 cm³/mol. The van der Waals surface area contributed by atoms with Crippen LogP contribution < -0.4 is 0 Å². The number of para-hydroxylation sites is 2. The summed E-state index contributed by atoms with van der Waals surface area (Å²) in [7, 11) is 0. The molecule has 1 N–H and O–H groups in total. The summed E-state index contributed by atoms with van der Waals surface area (Å²) in [5.74, 6) is -0.836. The Morgan fingerprint density at radius 1 is 1.21 bits per heavy atom. The molecule has 0 saturated heterocycles. The largest absolute Gasteiger partial charge is 0.481 e. The molecular formula is C14H10N2O2S. The summed E-state index contributed by atoms with van der Waals surface area (Å²) >= 11 is 1.43. The van der Waals surface area contributed by atoms with Gasteiger partial charge >= 0.3 is 5.97 Å². The summed E-state index contributed by atoms with van der Waals surface area (Å²) in [6, 6.07) is 9.51. The van der Waals surface area contributed by atoms with Crippen molar-refractivity contribution < 1.29 is 9.90 Å². The number of aromatic nitrogens is 2. The molecule has 0 unspecified atom stereocenters. The summed E-state index contributed by atoms with van der Waals surface area (Å²) in [4.78, 5) is 20.5. The van der Waals surface area contributed by atoms with Gasteiger partial charge in [-0.15, -0.1) is 11.3 Å². The topological polar surface area (TPSA) is 63.1 Å². The molecule has 0 spiro atoms. The van der Waals surface area contributed by atoms with Gasteiger partial charge in [-0.2, -0.15) is 0 Å². The first kappa shape index (κ1) is 11.8. The fourth-order valence-electron chi connectivity index (χ4n) is 1.93. The van der Waals surface area contributed by atoms with E-state index in [4.69, 9.17) is 5.11 Å². The van der Waals surface area contributed by atoms with E-state index in [-0.39, 0.29) is 6.42 Å². The van der Waals surface area contributed by atoms with Crippen molar-refractivity contribution in [1.82, 2.24) is 9.97 Å². The third-order valence-corrected chi connectivity index (χ3v) is 3.70. The third kappa shape index (κ3) is 2.32. The Labute approximate surface area is 113 Å². The van der Waals surface area contributed by atoms with Gasteiger partial charge in [0.15, 0.2) is 0 Å². The summed E-state index contributed by atoms with van der Waals surface area (Å²) in [5.41, 5.74) is 3.22. The van der Waals surface area contributed by atoms with Crippen LogP contribution in [0.4, 0.5) is 0 Å². The number of nitrogens with zero attached hydrogens (tertiary/aromatic N) is 2. The van der Waals surface area contributed by atoms with Crippen LogP contribution in [0.25, 0.3) is 22.3 Å². The Morgan fingerprint density at radius 2 is 2.00 bits per heavy atom. The molecule has 0 amide bonds. The Morgan fingerprint density at radius 3 is 2.79 bits per heavy atom. The zero-order chi connectivity index (χ0) is 13.2. The maximum atomic E-state index is 10.8. The first-order valence-electron chi connectivity index (χ1n) is 5.74. The van der Waals surface area contributed by atoms with Crippen molar-refractivity contribution in [3.8, 4) is 11.3 Å². The number of benzene rings is 1. The fourth-order valence-corrected chi connectivity index (χ4v) is 2.80. The molecule has 0 aliphatic heterocycles. The lowest BCUT2D eigenvalue weighted by Crippen LogP contribution is -1.99. The van der Waals surface area contributed by atoms with Gasteiger partial charge in [0.05, 0.1) is 29.3 Å². The molecule has 4 nitrogen and oxygen atoms in total. The molecule has 2 aromatic heterocycles. The van der Waals surface area contributed by atoms with E-state index in [1.165, 1.54) is 11.3 Å². The number of carbonyl (C=O) groups is 1. The van der Waals surface area contributed by atoms with Gasteiger partial charge in [0.25, 0.3) is 0 Å². The first-order chi connectivity index (χ1) is 9.24. The Bertz CT molecular complexity index is 752. The van der Waals surface area contributed by atoms with Crippen LogP contribution >= 0.6 is 11.3 Å². The number of thiophene rings is 1. The maximum Gasteiger partial charge on any atom is 0.308 e. The van der Waals surface area contributed by atoms with E-state index < -0.39 is 5.97 Å². The number of fused-ring (bicyclic) bond motifs is 1. The summed E-state index contributed by atoms with van der Waals surface area (Å²) < 4.78 is 0. The molecular weight excluding hydrogens is 260 g/mol. The van der Waals surface area contributed by atoms with Gasteiger partial charge in [0.2, 0.25) is 0 Å². The molecule has 3 rings (SSSR count). The number of hydrogen-bond donors (Lipinski definition) is 1. The second kappa shape index (κ2) is 4.78. The zero-order valence-corrected chi connectivity index (χ0v) is 10.7. The SMILES string of the molecule is O=C(O)Cc1sccc1-c1cnc2ccccc2n1. The van der Waals surface area contributed by atoms with Crippen molar-refractivity contribution in [3.63, 3.8) is 0 Å². The normalized spacial score (nSPS) is 10.7. The molecule has 5 heteroatoms. The molecule has 94 valence electrons. The van der Waals surface area contributed by atoms with Crippen molar-refractivity contribution in [2.45, 2.75) is 6.42 Å². The number of hydrogen-bond acceptors (Lipinski definition) is 4. The lowest BCUT2D eigenvalue weighted by molar-refractivity contribution is -0.136. The van der Waals surface area contributed by atoms with Crippen LogP contribution in [-0.4, -0.2) is 21.0 Å². The van der Waals surface area contributed by atoms with Crippen LogP contribution in [0.1, 0.15) is 4.88 Å². The Balaban J connectivity index is 2.09.